The van der Waals surface area contributed by atoms with Crippen molar-refractivity contribution >= 4 is 10.2 Å². The van der Waals surface area contributed by atoms with Crippen molar-refractivity contribution in [2.24, 2.45) is 0 Å². The van der Waals surface area contributed by atoms with Crippen molar-refractivity contribution in [3.05, 3.63) is 18.2 Å². The second-order valence-corrected chi connectivity index (χ2v) is 4.27. The van der Waals surface area contributed by atoms with Crippen LogP contribution in [0.2, 0.25) is 0 Å². The molecule has 1 rings (SSSR count). The molecule has 0 fully saturated rings. The molecule has 0 amide bonds. The summed E-state index contributed by atoms with van der Waals surface area (Å²) in [7, 11) is -3.33. The summed E-state index contributed by atoms with van der Waals surface area (Å²) in [6.45, 7) is 2.45. The van der Waals surface area contributed by atoms with E-state index in [2.05, 4.69) is 19.4 Å². The SMILES string of the molecule is CCNS(=O)(=O)NCCc1ncc[nH]1. The first-order valence-electron chi connectivity index (χ1n) is 4.36. The Balaban J connectivity index is 2.28. The minimum Gasteiger partial charge on any atom is -0.349 e. The van der Waals surface area contributed by atoms with Gasteiger partial charge in [0.05, 0.1) is 0 Å². The van der Waals surface area contributed by atoms with Crippen LogP contribution in [0.3, 0.4) is 0 Å². The van der Waals surface area contributed by atoms with Crippen LogP contribution in [0.25, 0.3) is 0 Å². The van der Waals surface area contributed by atoms with E-state index < -0.39 is 10.2 Å². The van der Waals surface area contributed by atoms with Gasteiger partial charge in [0, 0.05) is 31.9 Å². The van der Waals surface area contributed by atoms with Crippen LogP contribution in [-0.2, 0) is 16.6 Å². The highest BCUT2D eigenvalue weighted by Crippen LogP contribution is 1.88. The third kappa shape index (κ3) is 3.86. The van der Waals surface area contributed by atoms with Crippen LogP contribution < -0.4 is 9.44 Å². The Hall–Kier alpha value is -0.920. The lowest BCUT2D eigenvalue weighted by Crippen LogP contribution is -2.37. The van der Waals surface area contributed by atoms with E-state index in [4.69, 9.17) is 0 Å². The van der Waals surface area contributed by atoms with Crippen molar-refractivity contribution in [3.63, 3.8) is 0 Å². The van der Waals surface area contributed by atoms with Gasteiger partial charge < -0.3 is 4.98 Å². The molecule has 0 saturated heterocycles. The zero-order valence-corrected chi connectivity index (χ0v) is 8.76. The Bertz CT molecular complexity index is 346. The fraction of sp³-hybridized carbons (Fsp3) is 0.571. The Morgan fingerprint density at radius 3 is 2.86 bits per heavy atom. The van der Waals surface area contributed by atoms with Crippen LogP contribution in [0.15, 0.2) is 12.4 Å². The molecule has 0 atom stereocenters. The fourth-order valence-electron chi connectivity index (χ4n) is 0.980. The maximum absolute atomic E-state index is 11.1. The van der Waals surface area contributed by atoms with Gasteiger partial charge in [-0.2, -0.15) is 8.42 Å². The van der Waals surface area contributed by atoms with Gasteiger partial charge in [0.25, 0.3) is 10.2 Å². The first-order chi connectivity index (χ1) is 6.64. The summed E-state index contributed by atoms with van der Waals surface area (Å²) in [5, 5.41) is 0. The normalized spacial score (nSPS) is 11.8. The molecule has 0 bridgehead atoms. The molecule has 0 aliphatic carbocycles. The van der Waals surface area contributed by atoms with Crippen LogP contribution in [-0.4, -0.2) is 31.5 Å². The molecule has 0 saturated carbocycles. The molecule has 0 aliphatic rings. The number of aromatic amines is 1. The average Bonchev–Trinajstić information content (AvgIpc) is 2.56. The molecule has 6 nitrogen and oxygen atoms in total. The molecule has 14 heavy (non-hydrogen) atoms. The van der Waals surface area contributed by atoms with E-state index in [0.29, 0.717) is 19.5 Å². The first kappa shape index (κ1) is 11.2. The van der Waals surface area contributed by atoms with Gasteiger partial charge >= 0.3 is 0 Å². The fourth-order valence-corrected chi connectivity index (χ4v) is 1.83. The van der Waals surface area contributed by atoms with Crippen LogP contribution in [0.5, 0.6) is 0 Å². The third-order valence-electron chi connectivity index (χ3n) is 1.54. The number of aromatic nitrogens is 2. The number of hydrogen-bond acceptors (Lipinski definition) is 3. The monoisotopic (exact) mass is 218 g/mol. The van der Waals surface area contributed by atoms with Crippen LogP contribution in [0.4, 0.5) is 0 Å². The van der Waals surface area contributed by atoms with Gasteiger partial charge in [-0.25, -0.2) is 14.4 Å². The molecule has 7 heteroatoms. The highest BCUT2D eigenvalue weighted by Gasteiger charge is 2.06. The predicted molar refractivity (Wildman–Crippen MR) is 52.9 cm³/mol. The Morgan fingerprint density at radius 1 is 1.50 bits per heavy atom. The van der Waals surface area contributed by atoms with Crippen molar-refractivity contribution in [3.8, 4) is 0 Å². The van der Waals surface area contributed by atoms with Gasteiger partial charge in [-0.1, -0.05) is 6.92 Å². The van der Waals surface area contributed by atoms with E-state index in [-0.39, 0.29) is 0 Å². The van der Waals surface area contributed by atoms with Crippen molar-refractivity contribution in [2.75, 3.05) is 13.1 Å². The predicted octanol–water partition coefficient (Wildman–Crippen LogP) is -0.604. The molecule has 80 valence electrons. The molecule has 3 N–H and O–H groups in total. The largest absolute Gasteiger partial charge is 0.349 e. The number of rotatable bonds is 6. The van der Waals surface area contributed by atoms with E-state index in [9.17, 15) is 8.42 Å². The zero-order chi connectivity index (χ0) is 10.4. The summed E-state index contributed by atoms with van der Waals surface area (Å²) in [6, 6.07) is 0. The smallest absolute Gasteiger partial charge is 0.276 e. The Kier molecular flexibility index (Phi) is 4.05. The second-order valence-electron chi connectivity index (χ2n) is 2.68. The number of hydrogen-bond donors (Lipinski definition) is 3. The number of nitrogens with zero attached hydrogens (tertiary/aromatic N) is 1. The molecule has 1 aromatic rings. The van der Waals surface area contributed by atoms with Crippen LogP contribution in [0.1, 0.15) is 12.7 Å². The van der Waals surface area contributed by atoms with Gasteiger partial charge in [0.1, 0.15) is 5.82 Å². The van der Waals surface area contributed by atoms with Gasteiger partial charge in [0.2, 0.25) is 0 Å². The van der Waals surface area contributed by atoms with Crippen molar-refractivity contribution in [1.82, 2.24) is 19.4 Å². The maximum atomic E-state index is 11.1. The highest BCUT2D eigenvalue weighted by molar-refractivity contribution is 7.87. The third-order valence-corrected chi connectivity index (χ3v) is 2.80. The van der Waals surface area contributed by atoms with E-state index in [1.54, 1.807) is 19.3 Å². The summed E-state index contributed by atoms with van der Waals surface area (Å²) < 4.78 is 26.9. The number of imidazole rings is 1. The topological polar surface area (TPSA) is 86.9 Å². The number of nitrogens with one attached hydrogen (secondary N) is 3. The summed E-state index contributed by atoms with van der Waals surface area (Å²) in [5.41, 5.74) is 0. The highest BCUT2D eigenvalue weighted by atomic mass is 32.2. The molecule has 0 unspecified atom stereocenters. The lowest BCUT2D eigenvalue weighted by Gasteiger charge is -2.04. The molecule has 0 aliphatic heterocycles. The standard InChI is InChI=1S/C7H14N4O2S/c1-2-10-14(12,13)11-4-3-7-8-5-6-9-7/h5-6,10-11H,2-4H2,1H3,(H,8,9). The minimum absolute atomic E-state index is 0.336. The van der Waals surface area contributed by atoms with Crippen molar-refractivity contribution in [1.29, 1.82) is 0 Å². The van der Waals surface area contributed by atoms with E-state index in [1.165, 1.54) is 0 Å². The number of H-pyrrole nitrogens is 1. The van der Waals surface area contributed by atoms with E-state index in [0.717, 1.165) is 5.82 Å². The van der Waals surface area contributed by atoms with Gasteiger partial charge in [0.15, 0.2) is 0 Å². The zero-order valence-electron chi connectivity index (χ0n) is 7.95. The molecule has 1 aromatic heterocycles. The molecule has 0 spiro atoms. The summed E-state index contributed by atoms with van der Waals surface area (Å²) in [5.74, 6) is 0.768. The lowest BCUT2D eigenvalue weighted by atomic mass is 10.4. The molecule has 0 aromatic carbocycles. The van der Waals surface area contributed by atoms with Crippen LogP contribution >= 0.6 is 0 Å². The van der Waals surface area contributed by atoms with Gasteiger partial charge in [-0.15, -0.1) is 0 Å². The molecular formula is C7H14N4O2S. The molecule has 0 radical (unpaired) electrons. The maximum Gasteiger partial charge on any atom is 0.276 e. The van der Waals surface area contributed by atoms with E-state index in [1.807, 2.05) is 0 Å². The lowest BCUT2D eigenvalue weighted by molar-refractivity contribution is 0.568. The summed E-state index contributed by atoms with van der Waals surface area (Å²) >= 11 is 0. The summed E-state index contributed by atoms with van der Waals surface area (Å²) in [6.07, 6.45) is 3.89. The van der Waals surface area contributed by atoms with Crippen molar-refractivity contribution < 1.29 is 8.42 Å². The van der Waals surface area contributed by atoms with Gasteiger partial charge in [-0.05, 0) is 0 Å². The summed E-state index contributed by atoms with van der Waals surface area (Å²) in [4.78, 5) is 6.86. The molecular weight excluding hydrogens is 204 g/mol. The van der Waals surface area contributed by atoms with Crippen molar-refractivity contribution in [2.45, 2.75) is 13.3 Å². The second kappa shape index (κ2) is 5.08. The van der Waals surface area contributed by atoms with E-state index >= 15 is 0 Å². The van der Waals surface area contributed by atoms with Crippen LogP contribution in [0, 0.1) is 0 Å². The Labute approximate surface area is 83.3 Å². The first-order valence-corrected chi connectivity index (χ1v) is 5.85. The Morgan fingerprint density at radius 2 is 2.29 bits per heavy atom. The average molecular weight is 218 g/mol. The quantitative estimate of drug-likeness (QED) is 0.595. The molecule has 1 heterocycles. The minimum atomic E-state index is -3.33. The van der Waals surface area contributed by atoms with Gasteiger partial charge in [-0.3, -0.25) is 0 Å².